The summed E-state index contributed by atoms with van der Waals surface area (Å²) in [4.78, 5) is 0. The number of nitrogen functional groups attached to an aromatic ring is 2. The molecule has 0 aliphatic heterocycles. The summed E-state index contributed by atoms with van der Waals surface area (Å²) in [5, 5.41) is 0. The van der Waals surface area contributed by atoms with Crippen LogP contribution in [0.5, 0.6) is 0 Å². The van der Waals surface area contributed by atoms with E-state index in [1.54, 1.807) is 0 Å². The Bertz CT molecular complexity index is 259. The third-order valence-corrected chi connectivity index (χ3v) is 1.68. The molecular weight excluding hydrogens is 320 g/mol. The maximum Gasteiger partial charge on any atom is 0 e. The van der Waals surface area contributed by atoms with Gasteiger partial charge in [-0.05, 0) is 11.4 Å². The van der Waals surface area contributed by atoms with E-state index in [0.717, 1.165) is 5.56 Å². The molecule has 0 amide bonds. The van der Waals surface area contributed by atoms with E-state index in [2.05, 4.69) is 0 Å². The monoisotopic (exact) mass is 333 g/mol. The Morgan fingerprint density at radius 3 is 2.17 bits per heavy atom. The van der Waals surface area contributed by atoms with E-state index in [1.807, 2.05) is 32.0 Å². The van der Waals surface area contributed by atoms with Gasteiger partial charge < -0.3 is 11.5 Å². The fourth-order valence-electron chi connectivity index (χ4n) is 1.02. The van der Waals surface area contributed by atoms with Crippen LogP contribution in [0, 0.1) is 5.92 Å². The first-order chi connectivity index (χ1) is 5.13. The van der Waals surface area contributed by atoms with Gasteiger partial charge >= 0.3 is 0 Å². The number of benzene rings is 1. The fraction of sp³-hybridized carbons (Fsp3) is 0.222. The van der Waals surface area contributed by atoms with Crippen molar-refractivity contribution in [3.8, 4) is 0 Å². The van der Waals surface area contributed by atoms with Crippen LogP contribution in [0.3, 0.4) is 0 Å². The van der Waals surface area contributed by atoms with Crippen molar-refractivity contribution in [1.82, 2.24) is 0 Å². The predicted molar refractivity (Wildman–Crippen MR) is 49.0 cm³/mol. The van der Waals surface area contributed by atoms with Crippen LogP contribution in [0.2, 0.25) is 0 Å². The number of nitrogens with two attached hydrogens (primary N) is 2. The molecule has 0 heterocycles. The quantitative estimate of drug-likeness (QED) is 0.608. The number of para-hydroxylation sites is 1. The maximum atomic E-state index is 5.74. The van der Waals surface area contributed by atoms with Crippen molar-refractivity contribution in [2.75, 3.05) is 11.5 Å². The van der Waals surface area contributed by atoms with Crippen molar-refractivity contribution in [1.29, 1.82) is 0 Å². The van der Waals surface area contributed by atoms with Crippen LogP contribution >= 0.6 is 0 Å². The summed E-state index contributed by atoms with van der Waals surface area (Å²) in [7, 11) is 0. The number of rotatable bonds is 1. The standard InChI is InChI=1S/C9H13N2.W/c1-6(2)7-4-3-5-8(10)9(7)11;/h3-5H,10-11H2,1-2H3;/q-1;. The van der Waals surface area contributed by atoms with E-state index in [-0.39, 0.29) is 21.1 Å². The topological polar surface area (TPSA) is 52.0 Å². The van der Waals surface area contributed by atoms with Crippen molar-refractivity contribution < 1.29 is 21.1 Å². The van der Waals surface area contributed by atoms with E-state index in [4.69, 9.17) is 11.5 Å². The van der Waals surface area contributed by atoms with E-state index < -0.39 is 0 Å². The summed E-state index contributed by atoms with van der Waals surface area (Å²) < 4.78 is 0. The third-order valence-electron chi connectivity index (χ3n) is 1.68. The summed E-state index contributed by atoms with van der Waals surface area (Å²) >= 11 is 0. The van der Waals surface area contributed by atoms with Gasteiger partial charge in [0.15, 0.2) is 0 Å². The Balaban J connectivity index is 0.00000121. The molecular formula is C9H13N2W-. The normalized spacial score (nSPS) is 8.83. The molecule has 4 N–H and O–H groups in total. The van der Waals surface area contributed by atoms with Crippen LogP contribution in [-0.4, -0.2) is 0 Å². The molecule has 3 heteroatoms. The van der Waals surface area contributed by atoms with Gasteiger partial charge in [0.2, 0.25) is 0 Å². The van der Waals surface area contributed by atoms with Crippen molar-refractivity contribution in [3.05, 3.63) is 29.7 Å². The van der Waals surface area contributed by atoms with Crippen molar-refractivity contribution in [2.24, 2.45) is 0 Å². The largest absolute Gasteiger partial charge is 0.447 e. The Kier molecular flexibility index (Phi) is 4.19. The molecule has 2 nitrogen and oxygen atoms in total. The smallest absolute Gasteiger partial charge is 0 e. The molecule has 12 heavy (non-hydrogen) atoms. The molecule has 0 saturated carbocycles. The molecule has 0 saturated heterocycles. The Hall–Kier alpha value is -0.622. The summed E-state index contributed by atoms with van der Waals surface area (Å²) in [6.07, 6.45) is 0. The molecule has 0 unspecified atom stereocenters. The maximum absolute atomic E-state index is 5.74. The minimum atomic E-state index is 0. The first-order valence-corrected chi connectivity index (χ1v) is 3.57. The van der Waals surface area contributed by atoms with Crippen LogP contribution in [-0.2, 0) is 21.1 Å². The molecule has 0 bridgehead atoms. The van der Waals surface area contributed by atoms with Crippen LogP contribution in [0.25, 0.3) is 0 Å². The van der Waals surface area contributed by atoms with Gasteiger partial charge in [-0.15, -0.1) is 6.07 Å². The molecule has 0 aromatic heterocycles. The average molecular weight is 333 g/mol. The zero-order chi connectivity index (χ0) is 8.43. The summed E-state index contributed by atoms with van der Waals surface area (Å²) in [5.74, 6) is 1.19. The number of hydrogen-bond acceptors (Lipinski definition) is 2. The second-order valence-electron chi connectivity index (χ2n) is 2.81. The number of hydrogen-bond donors (Lipinski definition) is 2. The summed E-state index contributed by atoms with van der Waals surface area (Å²) in [5.41, 5.74) is 13.7. The molecule has 0 aliphatic rings. The van der Waals surface area contributed by atoms with E-state index in [9.17, 15) is 0 Å². The zero-order valence-corrected chi connectivity index (χ0v) is 10.2. The molecule has 0 radical (unpaired) electrons. The summed E-state index contributed by atoms with van der Waals surface area (Å²) in [6.45, 7) is 4.04. The summed E-state index contributed by atoms with van der Waals surface area (Å²) in [6, 6.07) is 5.69. The molecule has 66 valence electrons. The van der Waals surface area contributed by atoms with Gasteiger partial charge in [0.1, 0.15) is 0 Å². The SMILES string of the molecule is C[C-](C)c1cccc(N)c1N.[W]. The molecule has 0 atom stereocenters. The van der Waals surface area contributed by atoms with Crippen LogP contribution < -0.4 is 11.5 Å². The van der Waals surface area contributed by atoms with Crippen LogP contribution in [0.15, 0.2) is 18.2 Å². The Morgan fingerprint density at radius 1 is 1.17 bits per heavy atom. The van der Waals surface area contributed by atoms with Gasteiger partial charge in [-0.3, -0.25) is 0 Å². The van der Waals surface area contributed by atoms with Gasteiger partial charge in [0.05, 0.1) is 0 Å². The Morgan fingerprint density at radius 2 is 1.75 bits per heavy atom. The predicted octanol–water partition coefficient (Wildman–Crippen LogP) is 1.81. The van der Waals surface area contributed by atoms with Gasteiger partial charge in [0, 0.05) is 21.1 Å². The second kappa shape index (κ2) is 4.42. The Labute approximate surface area is 87.6 Å². The fourth-order valence-corrected chi connectivity index (χ4v) is 1.02. The first-order valence-electron chi connectivity index (χ1n) is 3.57. The molecule has 0 aliphatic carbocycles. The average Bonchev–Trinajstić information content (AvgIpc) is 1.94. The minimum Gasteiger partial charge on any atom is -0.447 e. The second-order valence-corrected chi connectivity index (χ2v) is 2.81. The molecule has 0 fully saturated rings. The van der Waals surface area contributed by atoms with Gasteiger partial charge in [0.25, 0.3) is 0 Å². The molecule has 1 aromatic rings. The molecule has 0 spiro atoms. The molecule has 1 rings (SSSR count). The van der Waals surface area contributed by atoms with E-state index >= 15 is 0 Å². The third kappa shape index (κ3) is 2.18. The van der Waals surface area contributed by atoms with Gasteiger partial charge in [-0.1, -0.05) is 19.9 Å². The van der Waals surface area contributed by atoms with Crippen LogP contribution in [0.1, 0.15) is 19.4 Å². The minimum absolute atomic E-state index is 0. The van der Waals surface area contributed by atoms with Crippen molar-refractivity contribution >= 4 is 11.4 Å². The van der Waals surface area contributed by atoms with E-state index in [1.165, 1.54) is 5.92 Å². The van der Waals surface area contributed by atoms with Crippen molar-refractivity contribution in [3.63, 3.8) is 0 Å². The first kappa shape index (κ1) is 11.4. The van der Waals surface area contributed by atoms with E-state index in [0.29, 0.717) is 11.4 Å². The molecule has 1 aromatic carbocycles. The zero-order valence-electron chi connectivity index (χ0n) is 7.29. The van der Waals surface area contributed by atoms with Crippen molar-refractivity contribution in [2.45, 2.75) is 13.8 Å². The van der Waals surface area contributed by atoms with Crippen LogP contribution in [0.4, 0.5) is 11.4 Å². The van der Waals surface area contributed by atoms with Gasteiger partial charge in [-0.2, -0.15) is 17.5 Å². The number of anilines is 2. The van der Waals surface area contributed by atoms with Gasteiger partial charge in [-0.25, -0.2) is 0 Å².